The molecule has 6 nitrogen and oxygen atoms in total. The Labute approximate surface area is 165 Å². The molecule has 2 heterocycles. The highest BCUT2D eigenvalue weighted by atomic mass is 35.5. The molecule has 1 aliphatic rings. The topological polar surface area (TPSA) is 58.0 Å². The van der Waals surface area contributed by atoms with Gasteiger partial charge in [-0.25, -0.2) is 4.79 Å². The van der Waals surface area contributed by atoms with E-state index in [9.17, 15) is 4.79 Å². The van der Waals surface area contributed by atoms with Gasteiger partial charge in [-0.2, -0.15) is 0 Å². The Morgan fingerprint density at radius 2 is 1.93 bits per heavy atom. The Morgan fingerprint density at radius 1 is 1.22 bits per heavy atom. The summed E-state index contributed by atoms with van der Waals surface area (Å²) >= 11 is 5.91. The highest BCUT2D eigenvalue weighted by Gasteiger charge is 2.26. The summed E-state index contributed by atoms with van der Waals surface area (Å²) in [7, 11) is 1.78. The monoisotopic (exact) mass is 391 g/mol. The smallest absolute Gasteiger partial charge is 0.317 e. The van der Waals surface area contributed by atoms with Gasteiger partial charge >= 0.3 is 6.03 Å². The van der Waals surface area contributed by atoms with Crippen molar-refractivity contribution in [1.82, 2.24) is 15.1 Å². The predicted molar refractivity (Wildman–Crippen MR) is 105 cm³/mol. The van der Waals surface area contributed by atoms with Crippen LogP contribution in [0.5, 0.6) is 0 Å². The van der Waals surface area contributed by atoms with E-state index in [2.05, 4.69) is 10.2 Å². The Kier molecular flexibility index (Phi) is 6.77. The Bertz CT molecular complexity index is 741. The highest BCUT2D eigenvalue weighted by molar-refractivity contribution is 6.30. The second-order valence-electron chi connectivity index (χ2n) is 6.78. The van der Waals surface area contributed by atoms with E-state index < -0.39 is 0 Å². The van der Waals surface area contributed by atoms with Crippen LogP contribution in [0.3, 0.4) is 0 Å². The van der Waals surface area contributed by atoms with Crippen LogP contribution in [0.1, 0.15) is 23.1 Å². The van der Waals surface area contributed by atoms with E-state index in [-0.39, 0.29) is 12.1 Å². The molecule has 0 spiro atoms. The Morgan fingerprint density at radius 3 is 2.56 bits per heavy atom. The van der Waals surface area contributed by atoms with Gasteiger partial charge in [0.05, 0.1) is 19.3 Å². The number of benzene rings is 1. The van der Waals surface area contributed by atoms with Crippen molar-refractivity contribution in [1.29, 1.82) is 0 Å². The lowest BCUT2D eigenvalue weighted by atomic mass is 10.1. The predicted octanol–water partition coefficient (Wildman–Crippen LogP) is 3.46. The molecule has 1 aromatic carbocycles. The zero-order chi connectivity index (χ0) is 19.2. The lowest BCUT2D eigenvalue weighted by molar-refractivity contribution is 0.0119. The lowest BCUT2D eigenvalue weighted by Gasteiger charge is -2.33. The van der Waals surface area contributed by atoms with E-state index >= 15 is 0 Å². The minimum absolute atomic E-state index is 0.00418. The third-order valence-corrected chi connectivity index (χ3v) is 4.95. The maximum Gasteiger partial charge on any atom is 0.317 e. The molecule has 2 aromatic rings. The van der Waals surface area contributed by atoms with Gasteiger partial charge < -0.3 is 19.4 Å². The number of hydrogen-bond donors (Lipinski definition) is 1. The average Bonchev–Trinajstić information content (AvgIpc) is 3.10. The summed E-state index contributed by atoms with van der Waals surface area (Å²) in [5.41, 5.74) is 1.03. The van der Waals surface area contributed by atoms with Gasteiger partial charge in [0.25, 0.3) is 0 Å². The van der Waals surface area contributed by atoms with Gasteiger partial charge in [0.1, 0.15) is 11.5 Å². The molecule has 0 saturated carbocycles. The molecule has 1 fully saturated rings. The normalized spacial score (nSPS) is 16.1. The molecular weight excluding hydrogens is 366 g/mol. The molecule has 1 N–H and O–H groups in total. The molecule has 3 rings (SSSR count). The number of carbonyl (C=O) groups excluding carboxylic acids is 1. The lowest BCUT2D eigenvalue weighted by Crippen LogP contribution is -2.45. The van der Waals surface area contributed by atoms with E-state index in [1.807, 2.05) is 43.3 Å². The maximum absolute atomic E-state index is 12.6. The molecule has 146 valence electrons. The number of amides is 2. The standard InChI is InChI=1S/C20H26ClN3O3/c1-15-3-8-19(27-15)18(24-9-11-26-12-10-24)13-22-20(25)23(2)14-16-4-6-17(21)7-5-16/h3-8,18H,9-14H2,1-2H3,(H,22,25). The number of nitrogens with one attached hydrogen (secondary N) is 1. The van der Waals surface area contributed by atoms with Crippen molar-refractivity contribution in [3.05, 3.63) is 58.5 Å². The fourth-order valence-electron chi connectivity index (χ4n) is 3.19. The molecule has 1 saturated heterocycles. The second-order valence-corrected chi connectivity index (χ2v) is 7.22. The summed E-state index contributed by atoms with van der Waals surface area (Å²) in [5.74, 6) is 1.74. The number of furan rings is 1. The fourth-order valence-corrected chi connectivity index (χ4v) is 3.31. The molecule has 7 heteroatoms. The van der Waals surface area contributed by atoms with E-state index in [1.54, 1.807) is 11.9 Å². The van der Waals surface area contributed by atoms with Crippen LogP contribution in [0.4, 0.5) is 4.79 Å². The van der Waals surface area contributed by atoms with Crippen molar-refractivity contribution in [2.75, 3.05) is 39.9 Å². The van der Waals surface area contributed by atoms with Crippen molar-refractivity contribution < 1.29 is 13.9 Å². The number of aryl methyl sites for hydroxylation is 1. The van der Waals surface area contributed by atoms with Crippen molar-refractivity contribution in [3.63, 3.8) is 0 Å². The molecule has 1 aliphatic heterocycles. The zero-order valence-electron chi connectivity index (χ0n) is 15.8. The summed E-state index contributed by atoms with van der Waals surface area (Å²) < 4.78 is 11.3. The number of rotatable bonds is 6. The number of ether oxygens (including phenoxy) is 1. The van der Waals surface area contributed by atoms with Gasteiger partial charge in [0, 0.05) is 38.2 Å². The van der Waals surface area contributed by atoms with Crippen LogP contribution in [0.25, 0.3) is 0 Å². The SMILES string of the molecule is Cc1ccc(C(CNC(=O)N(C)Cc2ccc(Cl)cc2)N2CCOCC2)o1. The molecule has 0 aliphatic carbocycles. The van der Waals surface area contributed by atoms with Gasteiger partial charge in [0.2, 0.25) is 0 Å². The molecule has 1 aromatic heterocycles. The number of halogens is 1. The number of carbonyl (C=O) groups is 1. The van der Waals surface area contributed by atoms with E-state index in [1.165, 1.54) is 0 Å². The highest BCUT2D eigenvalue weighted by Crippen LogP contribution is 2.23. The van der Waals surface area contributed by atoms with Crippen LogP contribution in [0, 0.1) is 6.92 Å². The summed E-state index contributed by atoms with van der Waals surface area (Å²) in [4.78, 5) is 16.5. The van der Waals surface area contributed by atoms with Crippen molar-refractivity contribution in [2.24, 2.45) is 0 Å². The number of hydrogen-bond acceptors (Lipinski definition) is 4. The summed E-state index contributed by atoms with van der Waals surface area (Å²) in [5, 5.41) is 3.73. The van der Waals surface area contributed by atoms with Crippen LogP contribution in [-0.4, -0.2) is 55.7 Å². The van der Waals surface area contributed by atoms with E-state index in [0.29, 0.717) is 31.3 Å². The van der Waals surface area contributed by atoms with Crippen LogP contribution < -0.4 is 5.32 Å². The Balaban J connectivity index is 1.59. The van der Waals surface area contributed by atoms with Crippen LogP contribution in [0.15, 0.2) is 40.8 Å². The number of morpholine rings is 1. The first-order valence-electron chi connectivity index (χ1n) is 9.14. The van der Waals surface area contributed by atoms with E-state index in [0.717, 1.165) is 30.2 Å². The third-order valence-electron chi connectivity index (χ3n) is 4.70. The largest absolute Gasteiger partial charge is 0.465 e. The fraction of sp³-hybridized carbons (Fsp3) is 0.450. The van der Waals surface area contributed by atoms with Crippen LogP contribution in [-0.2, 0) is 11.3 Å². The summed E-state index contributed by atoms with van der Waals surface area (Å²) in [6.45, 7) is 5.96. The van der Waals surface area contributed by atoms with Gasteiger partial charge in [0.15, 0.2) is 0 Å². The van der Waals surface area contributed by atoms with Crippen molar-refractivity contribution in [3.8, 4) is 0 Å². The molecule has 1 atom stereocenters. The van der Waals surface area contributed by atoms with Gasteiger partial charge in [-0.15, -0.1) is 0 Å². The zero-order valence-corrected chi connectivity index (χ0v) is 16.5. The van der Waals surface area contributed by atoms with E-state index in [4.69, 9.17) is 20.8 Å². The third kappa shape index (κ3) is 5.48. The molecule has 0 bridgehead atoms. The van der Waals surface area contributed by atoms with Gasteiger partial charge in [-0.1, -0.05) is 23.7 Å². The number of nitrogens with zero attached hydrogens (tertiary/aromatic N) is 2. The molecular formula is C20H26ClN3O3. The minimum Gasteiger partial charge on any atom is -0.465 e. The summed E-state index contributed by atoms with van der Waals surface area (Å²) in [6.07, 6.45) is 0. The first-order valence-corrected chi connectivity index (χ1v) is 9.52. The second kappa shape index (κ2) is 9.26. The van der Waals surface area contributed by atoms with Gasteiger partial charge in [-0.3, -0.25) is 4.90 Å². The molecule has 27 heavy (non-hydrogen) atoms. The Hall–Kier alpha value is -2.02. The average molecular weight is 392 g/mol. The molecule has 0 radical (unpaired) electrons. The maximum atomic E-state index is 12.6. The van der Waals surface area contributed by atoms with Crippen molar-refractivity contribution >= 4 is 17.6 Å². The first-order chi connectivity index (χ1) is 13.0. The quantitative estimate of drug-likeness (QED) is 0.819. The number of urea groups is 1. The first kappa shape index (κ1) is 19.7. The van der Waals surface area contributed by atoms with Gasteiger partial charge in [-0.05, 0) is 36.8 Å². The summed E-state index contributed by atoms with van der Waals surface area (Å²) in [6, 6.07) is 11.3. The van der Waals surface area contributed by atoms with Crippen molar-refractivity contribution in [2.45, 2.75) is 19.5 Å². The van der Waals surface area contributed by atoms with Crippen LogP contribution in [0.2, 0.25) is 5.02 Å². The van der Waals surface area contributed by atoms with Crippen LogP contribution >= 0.6 is 11.6 Å². The molecule has 2 amide bonds. The molecule has 1 unspecified atom stereocenters. The minimum atomic E-state index is -0.119.